The molecule has 2 aromatic rings. The molecule has 0 N–H and O–H groups in total. The van der Waals surface area contributed by atoms with Crippen LogP contribution in [-0.2, 0) is 14.8 Å². The van der Waals surface area contributed by atoms with Crippen LogP contribution in [0.1, 0.15) is 41.0 Å². The summed E-state index contributed by atoms with van der Waals surface area (Å²) >= 11 is 1.58. The summed E-state index contributed by atoms with van der Waals surface area (Å²) in [6.07, 6.45) is 1.68. The number of nitrogens with zero attached hydrogens (tertiary/aromatic N) is 1. The number of ether oxygens (including phenoxy) is 1. The van der Waals surface area contributed by atoms with Crippen molar-refractivity contribution in [2.75, 3.05) is 13.2 Å². The lowest BCUT2D eigenvalue weighted by atomic mass is 10.2. The minimum absolute atomic E-state index is 0.0975. The maximum absolute atomic E-state index is 13.0. The Morgan fingerprint density at radius 3 is 2.67 bits per heavy atom. The van der Waals surface area contributed by atoms with Crippen LogP contribution in [0.4, 0.5) is 0 Å². The van der Waals surface area contributed by atoms with Crippen molar-refractivity contribution >= 4 is 27.3 Å². The van der Waals surface area contributed by atoms with E-state index in [0.29, 0.717) is 12.1 Å². The van der Waals surface area contributed by atoms with Crippen molar-refractivity contribution in [3.05, 3.63) is 52.2 Å². The third-order valence-electron chi connectivity index (χ3n) is 4.05. The molecule has 0 spiro atoms. The van der Waals surface area contributed by atoms with E-state index >= 15 is 0 Å². The van der Waals surface area contributed by atoms with Crippen molar-refractivity contribution in [1.82, 2.24) is 4.31 Å². The van der Waals surface area contributed by atoms with Crippen LogP contribution in [0.25, 0.3) is 0 Å². The van der Waals surface area contributed by atoms with E-state index in [9.17, 15) is 13.2 Å². The molecule has 7 heteroatoms. The Balaban J connectivity index is 1.86. The Hall–Kier alpha value is -1.70. The standard InChI is InChI=1S/C17H19NO4S2/c1-2-22-17(19)13-7-9-14(10-8-13)24(20,21)18-11-3-5-15(18)16-6-4-12-23-16/h4,6-10,12,15H,2-3,5,11H2,1H3/t15-/m1/s1. The summed E-state index contributed by atoms with van der Waals surface area (Å²) in [7, 11) is -3.58. The van der Waals surface area contributed by atoms with Gasteiger partial charge in [-0.2, -0.15) is 4.31 Å². The molecule has 5 nitrogen and oxygen atoms in total. The lowest BCUT2D eigenvalue weighted by Crippen LogP contribution is -2.30. The highest BCUT2D eigenvalue weighted by molar-refractivity contribution is 7.89. The molecule has 0 aliphatic carbocycles. The van der Waals surface area contributed by atoms with Crippen LogP contribution in [0.15, 0.2) is 46.7 Å². The van der Waals surface area contributed by atoms with Gasteiger partial charge < -0.3 is 4.74 Å². The maximum Gasteiger partial charge on any atom is 0.338 e. The van der Waals surface area contributed by atoms with E-state index in [1.165, 1.54) is 24.3 Å². The van der Waals surface area contributed by atoms with Crippen LogP contribution in [-0.4, -0.2) is 31.8 Å². The van der Waals surface area contributed by atoms with Gasteiger partial charge in [0.2, 0.25) is 10.0 Å². The lowest BCUT2D eigenvalue weighted by molar-refractivity contribution is 0.0526. The molecule has 128 valence electrons. The first-order valence-electron chi connectivity index (χ1n) is 7.86. The summed E-state index contributed by atoms with van der Waals surface area (Å²) in [5.41, 5.74) is 0.354. The molecular weight excluding hydrogens is 346 g/mol. The molecule has 1 fully saturated rings. The fraction of sp³-hybridized carbons (Fsp3) is 0.353. The summed E-state index contributed by atoms with van der Waals surface area (Å²) in [4.78, 5) is 13.0. The molecule has 1 saturated heterocycles. The molecular formula is C17H19NO4S2. The molecule has 0 bridgehead atoms. The summed E-state index contributed by atoms with van der Waals surface area (Å²) in [5.74, 6) is -0.445. The smallest absolute Gasteiger partial charge is 0.338 e. The van der Waals surface area contributed by atoms with Crippen LogP contribution in [0, 0.1) is 0 Å². The van der Waals surface area contributed by atoms with Gasteiger partial charge in [0.25, 0.3) is 0 Å². The molecule has 1 aromatic heterocycles. The molecule has 0 radical (unpaired) electrons. The van der Waals surface area contributed by atoms with E-state index in [2.05, 4.69) is 0 Å². The third kappa shape index (κ3) is 3.24. The number of thiophene rings is 1. The second kappa shape index (κ2) is 7.04. The second-order valence-electron chi connectivity index (χ2n) is 5.53. The SMILES string of the molecule is CCOC(=O)c1ccc(S(=O)(=O)N2CCC[C@@H]2c2cccs2)cc1. The van der Waals surface area contributed by atoms with Gasteiger partial charge in [0.1, 0.15) is 0 Å². The fourth-order valence-electron chi connectivity index (χ4n) is 2.91. The monoisotopic (exact) mass is 365 g/mol. The molecule has 24 heavy (non-hydrogen) atoms. The molecule has 2 heterocycles. The van der Waals surface area contributed by atoms with Gasteiger partial charge in [0.15, 0.2) is 0 Å². The zero-order valence-electron chi connectivity index (χ0n) is 13.3. The molecule has 1 aliphatic heterocycles. The van der Waals surface area contributed by atoms with Gasteiger partial charge >= 0.3 is 5.97 Å². The van der Waals surface area contributed by atoms with Gasteiger partial charge in [-0.1, -0.05) is 6.07 Å². The first-order chi connectivity index (χ1) is 11.5. The molecule has 1 atom stereocenters. The number of hydrogen-bond donors (Lipinski definition) is 0. The maximum atomic E-state index is 13.0. The average Bonchev–Trinajstić information content (AvgIpc) is 3.26. The van der Waals surface area contributed by atoms with Crippen molar-refractivity contribution < 1.29 is 17.9 Å². The molecule has 0 unspecified atom stereocenters. The molecule has 1 aromatic carbocycles. The minimum atomic E-state index is -3.58. The highest BCUT2D eigenvalue weighted by Gasteiger charge is 2.36. The second-order valence-corrected chi connectivity index (χ2v) is 8.40. The fourth-order valence-corrected chi connectivity index (χ4v) is 5.52. The van der Waals surface area contributed by atoms with Gasteiger partial charge in [0, 0.05) is 11.4 Å². The van der Waals surface area contributed by atoms with E-state index < -0.39 is 16.0 Å². The van der Waals surface area contributed by atoms with Gasteiger partial charge in [-0.05, 0) is 55.5 Å². The van der Waals surface area contributed by atoms with Crippen molar-refractivity contribution in [3.63, 3.8) is 0 Å². The van der Waals surface area contributed by atoms with Crippen molar-refractivity contribution in [2.45, 2.75) is 30.7 Å². The zero-order valence-corrected chi connectivity index (χ0v) is 15.0. The molecule has 1 aliphatic rings. The zero-order chi connectivity index (χ0) is 17.2. The first-order valence-corrected chi connectivity index (χ1v) is 10.2. The highest BCUT2D eigenvalue weighted by Crippen LogP contribution is 2.38. The highest BCUT2D eigenvalue weighted by atomic mass is 32.2. The predicted molar refractivity (Wildman–Crippen MR) is 92.6 cm³/mol. The van der Waals surface area contributed by atoms with Crippen LogP contribution in [0.3, 0.4) is 0 Å². The van der Waals surface area contributed by atoms with Crippen LogP contribution in [0.5, 0.6) is 0 Å². The molecule has 3 rings (SSSR count). The Kier molecular flexibility index (Phi) is 5.03. The van der Waals surface area contributed by atoms with Crippen LogP contribution >= 0.6 is 11.3 Å². The normalized spacial score (nSPS) is 18.6. The number of carbonyl (C=O) groups is 1. The number of sulfonamides is 1. The number of esters is 1. The summed E-state index contributed by atoms with van der Waals surface area (Å²) in [6, 6.07) is 9.78. The lowest BCUT2D eigenvalue weighted by Gasteiger charge is -2.23. The van der Waals surface area contributed by atoms with Gasteiger partial charge in [-0.3, -0.25) is 0 Å². The summed E-state index contributed by atoms with van der Waals surface area (Å²) in [5, 5.41) is 1.96. The number of hydrogen-bond acceptors (Lipinski definition) is 5. The van der Waals surface area contributed by atoms with E-state index in [-0.39, 0.29) is 17.5 Å². The van der Waals surface area contributed by atoms with Gasteiger partial charge in [-0.15, -0.1) is 11.3 Å². The van der Waals surface area contributed by atoms with Crippen molar-refractivity contribution in [3.8, 4) is 0 Å². The summed E-state index contributed by atoms with van der Waals surface area (Å²) in [6.45, 7) is 2.54. The van der Waals surface area contributed by atoms with Crippen molar-refractivity contribution in [2.24, 2.45) is 0 Å². The first kappa shape index (κ1) is 17.1. The van der Waals surface area contributed by atoms with Gasteiger partial charge in [-0.25, -0.2) is 13.2 Å². The average molecular weight is 365 g/mol. The predicted octanol–water partition coefficient (Wildman–Crippen LogP) is 3.45. The topological polar surface area (TPSA) is 63.7 Å². The van der Waals surface area contributed by atoms with Crippen LogP contribution < -0.4 is 0 Å². The Morgan fingerprint density at radius 2 is 2.04 bits per heavy atom. The van der Waals surface area contributed by atoms with Gasteiger partial charge in [0.05, 0.1) is 23.1 Å². The minimum Gasteiger partial charge on any atom is -0.462 e. The number of carbonyl (C=O) groups excluding carboxylic acids is 1. The Labute approximate surface area is 145 Å². The Morgan fingerprint density at radius 1 is 1.29 bits per heavy atom. The van der Waals surface area contributed by atoms with E-state index in [0.717, 1.165) is 17.7 Å². The van der Waals surface area contributed by atoms with Crippen molar-refractivity contribution in [1.29, 1.82) is 0 Å². The quantitative estimate of drug-likeness (QED) is 0.761. The largest absolute Gasteiger partial charge is 0.462 e. The third-order valence-corrected chi connectivity index (χ3v) is 6.94. The van der Waals surface area contributed by atoms with Crippen LogP contribution in [0.2, 0.25) is 0 Å². The Bertz CT molecular complexity index is 798. The number of benzene rings is 1. The van der Waals surface area contributed by atoms with E-state index in [1.807, 2.05) is 17.5 Å². The molecule has 0 amide bonds. The van der Waals surface area contributed by atoms with E-state index in [1.54, 1.807) is 22.6 Å². The number of rotatable bonds is 5. The summed E-state index contributed by atoms with van der Waals surface area (Å²) < 4.78 is 32.4. The van der Waals surface area contributed by atoms with E-state index in [4.69, 9.17) is 4.74 Å². The molecule has 0 saturated carbocycles.